The van der Waals surface area contributed by atoms with Gasteiger partial charge in [-0.15, -0.1) is 16.4 Å². The van der Waals surface area contributed by atoms with E-state index in [-0.39, 0.29) is 6.04 Å². The molecule has 2 heterocycles. The fraction of sp³-hybridized carbons (Fsp3) is 0.250. The SMILES string of the molecule is Cn1nnc(Br)c1C(N)c1ccc(Cl)s1. The Morgan fingerprint density at radius 3 is 2.80 bits per heavy atom. The van der Waals surface area contributed by atoms with Crippen LogP contribution >= 0.6 is 38.9 Å². The van der Waals surface area contributed by atoms with E-state index in [2.05, 4.69) is 26.2 Å². The molecule has 7 heteroatoms. The summed E-state index contributed by atoms with van der Waals surface area (Å²) in [6.07, 6.45) is 0. The third kappa shape index (κ3) is 2.08. The maximum atomic E-state index is 6.10. The molecule has 2 aromatic rings. The molecule has 1 unspecified atom stereocenters. The van der Waals surface area contributed by atoms with Crippen LogP contribution in [0, 0.1) is 0 Å². The van der Waals surface area contributed by atoms with Gasteiger partial charge in [0, 0.05) is 11.9 Å². The van der Waals surface area contributed by atoms with Gasteiger partial charge in [-0.25, -0.2) is 4.68 Å². The molecule has 0 saturated carbocycles. The van der Waals surface area contributed by atoms with Gasteiger partial charge in [0.2, 0.25) is 0 Å². The van der Waals surface area contributed by atoms with Crippen molar-refractivity contribution in [2.75, 3.05) is 0 Å². The zero-order chi connectivity index (χ0) is 11.0. The Bertz CT molecular complexity index is 461. The molecule has 0 aliphatic carbocycles. The lowest BCUT2D eigenvalue weighted by Crippen LogP contribution is -2.15. The lowest BCUT2D eigenvalue weighted by molar-refractivity contribution is 0.654. The molecule has 2 rings (SSSR count). The summed E-state index contributed by atoms with van der Waals surface area (Å²) < 4.78 is 3.05. The van der Waals surface area contributed by atoms with E-state index in [1.807, 2.05) is 19.2 Å². The van der Waals surface area contributed by atoms with E-state index in [1.165, 1.54) is 11.3 Å². The number of halogens is 2. The molecule has 0 bridgehead atoms. The van der Waals surface area contributed by atoms with Crippen molar-refractivity contribution in [2.24, 2.45) is 12.8 Å². The molecule has 4 nitrogen and oxygen atoms in total. The molecule has 0 radical (unpaired) electrons. The molecule has 2 aromatic heterocycles. The standard InChI is InChI=1S/C8H8BrClN4S/c1-14-7(8(9)12-13-14)6(11)4-2-3-5(10)15-4/h2-3,6H,11H2,1H3. The van der Waals surface area contributed by atoms with Crippen LogP contribution in [0.2, 0.25) is 4.34 Å². The van der Waals surface area contributed by atoms with Gasteiger partial charge in [-0.05, 0) is 28.1 Å². The Morgan fingerprint density at radius 2 is 2.33 bits per heavy atom. The normalized spacial score (nSPS) is 13.1. The number of hydrogen-bond donors (Lipinski definition) is 1. The maximum absolute atomic E-state index is 6.10. The van der Waals surface area contributed by atoms with Crippen molar-refractivity contribution < 1.29 is 0 Å². The number of nitrogens with zero attached hydrogens (tertiary/aromatic N) is 3. The summed E-state index contributed by atoms with van der Waals surface area (Å²) in [4.78, 5) is 0.992. The minimum Gasteiger partial charge on any atom is -0.318 e. The van der Waals surface area contributed by atoms with E-state index in [0.717, 1.165) is 14.9 Å². The van der Waals surface area contributed by atoms with Crippen molar-refractivity contribution in [3.63, 3.8) is 0 Å². The number of aryl methyl sites for hydroxylation is 1. The van der Waals surface area contributed by atoms with E-state index in [4.69, 9.17) is 17.3 Å². The van der Waals surface area contributed by atoms with E-state index < -0.39 is 0 Å². The first-order valence-electron chi connectivity index (χ1n) is 4.15. The smallest absolute Gasteiger partial charge is 0.153 e. The summed E-state index contributed by atoms with van der Waals surface area (Å²) >= 11 is 10.6. The third-order valence-electron chi connectivity index (χ3n) is 2.02. The Balaban J connectivity index is 2.40. The van der Waals surface area contributed by atoms with Crippen LogP contribution in [0.4, 0.5) is 0 Å². The first kappa shape index (κ1) is 11.1. The first-order valence-corrected chi connectivity index (χ1v) is 6.14. The Kier molecular flexibility index (Phi) is 3.11. The summed E-state index contributed by atoms with van der Waals surface area (Å²) in [5.74, 6) is 0. The summed E-state index contributed by atoms with van der Waals surface area (Å²) in [6, 6.07) is 3.49. The van der Waals surface area contributed by atoms with Crippen LogP contribution in [0.15, 0.2) is 16.7 Å². The second-order valence-corrected chi connectivity index (χ2v) is 5.51. The molecule has 1 atom stereocenters. The summed E-state index contributed by atoms with van der Waals surface area (Å²) in [6.45, 7) is 0. The highest BCUT2D eigenvalue weighted by atomic mass is 79.9. The van der Waals surface area contributed by atoms with E-state index >= 15 is 0 Å². The summed E-state index contributed by atoms with van der Waals surface area (Å²) in [5.41, 5.74) is 6.94. The van der Waals surface area contributed by atoms with Crippen LogP contribution in [0.1, 0.15) is 16.6 Å². The van der Waals surface area contributed by atoms with Crippen molar-refractivity contribution >= 4 is 38.9 Å². The zero-order valence-electron chi connectivity index (χ0n) is 7.82. The molecular formula is C8H8BrClN4S. The molecule has 2 N–H and O–H groups in total. The number of aromatic nitrogens is 3. The lowest BCUT2D eigenvalue weighted by atomic mass is 10.2. The average molecular weight is 308 g/mol. The first-order chi connectivity index (χ1) is 7.09. The summed E-state index contributed by atoms with van der Waals surface area (Å²) in [5, 5.41) is 7.77. The minimum atomic E-state index is -0.253. The average Bonchev–Trinajstić information content (AvgIpc) is 2.73. The molecule has 0 aliphatic heterocycles. The lowest BCUT2D eigenvalue weighted by Gasteiger charge is -2.09. The van der Waals surface area contributed by atoms with Gasteiger partial charge < -0.3 is 5.73 Å². The molecule has 0 aliphatic rings. The van der Waals surface area contributed by atoms with Gasteiger partial charge in [0.1, 0.15) is 0 Å². The van der Waals surface area contributed by atoms with Crippen LogP contribution in [0.5, 0.6) is 0 Å². The van der Waals surface area contributed by atoms with Crippen LogP contribution in [-0.4, -0.2) is 15.0 Å². The van der Waals surface area contributed by atoms with Gasteiger partial charge >= 0.3 is 0 Å². The van der Waals surface area contributed by atoms with Crippen molar-refractivity contribution in [1.82, 2.24) is 15.0 Å². The third-order valence-corrected chi connectivity index (χ3v) is 3.90. The van der Waals surface area contributed by atoms with Crippen molar-refractivity contribution in [2.45, 2.75) is 6.04 Å². The molecule has 0 saturated heterocycles. The van der Waals surface area contributed by atoms with Crippen LogP contribution < -0.4 is 5.73 Å². The molecule has 15 heavy (non-hydrogen) atoms. The van der Waals surface area contributed by atoms with Gasteiger partial charge in [-0.3, -0.25) is 0 Å². The van der Waals surface area contributed by atoms with Crippen LogP contribution in [0.25, 0.3) is 0 Å². The van der Waals surface area contributed by atoms with Gasteiger partial charge in [0.05, 0.1) is 16.1 Å². The monoisotopic (exact) mass is 306 g/mol. The molecular weight excluding hydrogens is 300 g/mol. The van der Waals surface area contributed by atoms with Gasteiger partial charge in [0.15, 0.2) is 4.60 Å². The highest BCUT2D eigenvalue weighted by Gasteiger charge is 2.19. The largest absolute Gasteiger partial charge is 0.318 e. The Morgan fingerprint density at radius 1 is 1.60 bits per heavy atom. The molecule has 0 spiro atoms. The quantitative estimate of drug-likeness (QED) is 0.926. The van der Waals surface area contributed by atoms with Crippen molar-refractivity contribution in [3.8, 4) is 0 Å². The predicted molar refractivity (Wildman–Crippen MR) is 64.1 cm³/mol. The van der Waals surface area contributed by atoms with Crippen LogP contribution in [-0.2, 0) is 7.05 Å². The van der Waals surface area contributed by atoms with Gasteiger partial charge in [-0.2, -0.15) is 0 Å². The number of nitrogens with two attached hydrogens (primary N) is 1. The van der Waals surface area contributed by atoms with Crippen molar-refractivity contribution in [1.29, 1.82) is 0 Å². The number of thiophene rings is 1. The molecule has 80 valence electrons. The topological polar surface area (TPSA) is 56.7 Å². The predicted octanol–water partition coefficient (Wildman–Crippen LogP) is 2.34. The number of hydrogen-bond acceptors (Lipinski definition) is 4. The second-order valence-electron chi connectivity index (χ2n) is 3.01. The maximum Gasteiger partial charge on any atom is 0.153 e. The van der Waals surface area contributed by atoms with Gasteiger partial charge in [-0.1, -0.05) is 16.8 Å². The highest BCUT2D eigenvalue weighted by molar-refractivity contribution is 9.10. The van der Waals surface area contributed by atoms with Crippen molar-refractivity contribution in [3.05, 3.63) is 31.6 Å². The zero-order valence-corrected chi connectivity index (χ0v) is 11.0. The Hall–Kier alpha value is -0.430. The van der Waals surface area contributed by atoms with E-state index in [1.54, 1.807) is 4.68 Å². The van der Waals surface area contributed by atoms with E-state index in [9.17, 15) is 0 Å². The molecule has 0 fully saturated rings. The molecule has 0 amide bonds. The van der Waals surface area contributed by atoms with E-state index in [0.29, 0.717) is 4.60 Å². The fourth-order valence-electron chi connectivity index (χ4n) is 1.30. The summed E-state index contributed by atoms with van der Waals surface area (Å²) in [7, 11) is 1.81. The van der Waals surface area contributed by atoms with Crippen LogP contribution in [0.3, 0.4) is 0 Å². The fourth-order valence-corrected chi connectivity index (χ4v) is 2.94. The Labute approximate surface area is 104 Å². The number of rotatable bonds is 2. The minimum absolute atomic E-state index is 0.253. The molecule has 0 aromatic carbocycles. The van der Waals surface area contributed by atoms with Gasteiger partial charge in [0.25, 0.3) is 0 Å². The highest BCUT2D eigenvalue weighted by Crippen LogP contribution is 2.31. The second kappa shape index (κ2) is 4.21.